The summed E-state index contributed by atoms with van der Waals surface area (Å²) >= 11 is 0. The maximum absolute atomic E-state index is 12.9. The maximum atomic E-state index is 12.9. The summed E-state index contributed by atoms with van der Waals surface area (Å²) in [5, 5.41) is 12.0. The quantitative estimate of drug-likeness (QED) is 0.663. The summed E-state index contributed by atoms with van der Waals surface area (Å²) in [5.41, 5.74) is 2.91. The summed E-state index contributed by atoms with van der Waals surface area (Å²) in [6, 6.07) is 20.6. The van der Waals surface area contributed by atoms with Gasteiger partial charge >= 0.3 is 0 Å². The first-order chi connectivity index (χ1) is 14.6. The van der Waals surface area contributed by atoms with Gasteiger partial charge in [-0.05, 0) is 56.5 Å². The van der Waals surface area contributed by atoms with Crippen LogP contribution in [0.15, 0.2) is 54.6 Å². The molecule has 1 amide bonds. The van der Waals surface area contributed by atoms with Crippen LogP contribution in [0.1, 0.15) is 55.1 Å². The Balaban J connectivity index is 1.62. The van der Waals surface area contributed by atoms with E-state index in [0.717, 1.165) is 44.6 Å². The molecule has 3 rings (SSSR count). The Morgan fingerprint density at radius 1 is 1.03 bits per heavy atom. The molecule has 1 fully saturated rings. The Hall–Kier alpha value is -2.84. The summed E-state index contributed by atoms with van der Waals surface area (Å²) in [6.45, 7) is 8.65. The van der Waals surface area contributed by atoms with E-state index < -0.39 is 0 Å². The largest absolute Gasteiger partial charge is 0.369 e. The van der Waals surface area contributed by atoms with Crippen LogP contribution in [0.25, 0.3) is 0 Å². The molecule has 1 aliphatic rings. The minimum Gasteiger partial charge on any atom is -0.369 e. The third kappa shape index (κ3) is 5.84. The van der Waals surface area contributed by atoms with Gasteiger partial charge < -0.3 is 10.2 Å². The third-order valence-electron chi connectivity index (χ3n) is 5.83. The monoisotopic (exact) mass is 404 g/mol. The van der Waals surface area contributed by atoms with Crippen LogP contribution in [-0.2, 0) is 0 Å². The number of carbonyl (C=O) groups is 1. The van der Waals surface area contributed by atoms with E-state index in [2.05, 4.69) is 35.0 Å². The molecule has 5 heteroatoms. The number of nitriles is 1. The van der Waals surface area contributed by atoms with Crippen LogP contribution in [0, 0.1) is 11.3 Å². The van der Waals surface area contributed by atoms with Crippen molar-refractivity contribution >= 4 is 11.6 Å². The van der Waals surface area contributed by atoms with E-state index >= 15 is 0 Å². The van der Waals surface area contributed by atoms with Crippen molar-refractivity contribution in [1.29, 1.82) is 5.26 Å². The molecule has 1 unspecified atom stereocenters. The molecule has 0 aliphatic carbocycles. The zero-order valence-corrected chi connectivity index (χ0v) is 18.1. The van der Waals surface area contributed by atoms with Crippen molar-refractivity contribution in [2.24, 2.45) is 0 Å². The number of benzene rings is 2. The van der Waals surface area contributed by atoms with Gasteiger partial charge in [-0.1, -0.05) is 30.3 Å². The number of nitrogens with one attached hydrogen (secondary N) is 1. The second-order valence-electron chi connectivity index (χ2n) is 8.15. The first-order valence-electron chi connectivity index (χ1n) is 10.9. The molecule has 2 aromatic rings. The smallest absolute Gasteiger partial charge is 0.251 e. The lowest BCUT2D eigenvalue weighted by Gasteiger charge is -2.38. The van der Waals surface area contributed by atoms with Gasteiger partial charge in [0.25, 0.3) is 5.91 Å². The van der Waals surface area contributed by atoms with E-state index in [1.165, 1.54) is 5.69 Å². The lowest BCUT2D eigenvalue weighted by molar-refractivity contribution is 0.0934. The number of hydrogen-bond acceptors (Lipinski definition) is 4. The fraction of sp³-hybridized carbons (Fsp3) is 0.440. The van der Waals surface area contributed by atoms with Gasteiger partial charge in [-0.25, -0.2) is 0 Å². The molecule has 0 spiro atoms. The number of hydrogen-bond donors (Lipinski definition) is 1. The van der Waals surface area contributed by atoms with E-state index in [-0.39, 0.29) is 11.9 Å². The molecule has 0 bridgehead atoms. The molecule has 158 valence electrons. The molecule has 1 saturated heterocycles. The van der Waals surface area contributed by atoms with Gasteiger partial charge in [0.05, 0.1) is 12.1 Å². The highest BCUT2D eigenvalue weighted by molar-refractivity contribution is 5.94. The molecule has 0 radical (unpaired) electrons. The van der Waals surface area contributed by atoms with Crippen LogP contribution in [0.5, 0.6) is 0 Å². The summed E-state index contributed by atoms with van der Waals surface area (Å²) in [5.74, 6) is -0.0722. The number of nitrogens with zero attached hydrogens (tertiary/aromatic N) is 3. The number of piperazine rings is 1. The van der Waals surface area contributed by atoms with Gasteiger partial charge in [-0.3, -0.25) is 9.69 Å². The zero-order valence-electron chi connectivity index (χ0n) is 18.1. The van der Waals surface area contributed by atoms with E-state index in [0.29, 0.717) is 18.0 Å². The van der Waals surface area contributed by atoms with Crippen molar-refractivity contribution in [2.45, 2.75) is 45.2 Å². The normalized spacial score (nSPS) is 15.6. The Bertz CT molecular complexity index is 834. The van der Waals surface area contributed by atoms with Crippen LogP contribution >= 0.6 is 0 Å². The number of anilines is 1. The van der Waals surface area contributed by atoms with Crippen LogP contribution in [0.4, 0.5) is 5.69 Å². The van der Waals surface area contributed by atoms with Gasteiger partial charge in [0.15, 0.2) is 0 Å². The molecule has 1 atom stereocenters. The van der Waals surface area contributed by atoms with Crippen LogP contribution in [0.2, 0.25) is 0 Å². The highest BCUT2D eigenvalue weighted by Crippen LogP contribution is 2.22. The van der Waals surface area contributed by atoms with Gasteiger partial charge in [0, 0.05) is 49.9 Å². The molecule has 5 nitrogen and oxygen atoms in total. The Morgan fingerprint density at radius 2 is 1.70 bits per heavy atom. The Kier molecular flexibility index (Phi) is 7.87. The van der Waals surface area contributed by atoms with Gasteiger partial charge in [0.2, 0.25) is 0 Å². The van der Waals surface area contributed by atoms with E-state index in [1.807, 2.05) is 54.6 Å². The van der Waals surface area contributed by atoms with Gasteiger partial charge in [0.1, 0.15) is 0 Å². The molecule has 1 N–H and O–H groups in total. The Morgan fingerprint density at radius 3 is 2.30 bits per heavy atom. The molecular formula is C25H32N4O. The molecular weight excluding hydrogens is 372 g/mol. The highest BCUT2D eigenvalue weighted by Gasteiger charge is 2.20. The molecule has 0 saturated carbocycles. The second kappa shape index (κ2) is 10.8. The summed E-state index contributed by atoms with van der Waals surface area (Å²) in [7, 11) is 0. The highest BCUT2D eigenvalue weighted by atomic mass is 16.1. The van der Waals surface area contributed by atoms with Crippen molar-refractivity contribution < 1.29 is 4.79 Å². The zero-order chi connectivity index (χ0) is 21.3. The lowest BCUT2D eigenvalue weighted by atomic mass is 10.0. The number of rotatable bonds is 8. The molecule has 0 aromatic heterocycles. The lowest BCUT2D eigenvalue weighted by Crippen LogP contribution is -2.48. The van der Waals surface area contributed by atoms with Crippen molar-refractivity contribution in [1.82, 2.24) is 10.2 Å². The van der Waals surface area contributed by atoms with Crippen LogP contribution < -0.4 is 10.2 Å². The topological polar surface area (TPSA) is 59.4 Å². The second-order valence-corrected chi connectivity index (χ2v) is 8.15. The summed E-state index contributed by atoms with van der Waals surface area (Å²) in [6.07, 6.45) is 2.01. The minimum atomic E-state index is -0.0872. The number of unbranched alkanes of at least 4 members (excludes halogenated alkanes) is 1. The SMILES string of the molecule is CC(C)N1CCN(c2ccc(C(=O)NC(CCCC#N)c3ccccc3)cc2)CC1. The average molecular weight is 405 g/mol. The maximum Gasteiger partial charge on any atom is 0.251 e. The van der Waals surface area contributed by atoms with Crippen molar-refractivity contribution in [2.75, 3.05) is 31.1 Å². The molecule has 1 heterocycles. The van der Waals surface area contributed by atoms with Gasteiger partial charge in [-0.2, -0.15) is 5.26 Å². The fourth-order valence-electron chi connectivity index (χ4n) is 3.95. The van der Waals surface area contributed by atoms with Crippen LogP contribution in [0.3, 0.4) is 0 Å². The first kappa shape index (κ1) is 21.9. The first-order valence-corrected chi connectivity index (χ1v) is 10.9. The fourth-order valence-corrected chi connectivity index (χ4v) is 3.95. The van der Waals surface area contributed by atoms with E-state index in [4.69, 9.17) is 5.26 Å². The minimum absolute atomic E-state index is 0.0722. The number of amides is 1. The summed E-state index contributed by atoms with van der Waals surface area (Å²) in [4.78, 5) is 17.7. The van der Waals surface area contributed by atoms with E-state index in [1.54, 1.807) is 0 Å². The summed E-state index contributed by atoms with van der Waals surface area (Å²) < 4.78 is 0. The predicted octanol–water partition coefficient (Wildman–Crippen LogP) is 4.38. The predicted molar refractivity (Wildman–Crippen MR) is 121 cm³/mol. The molecule has 1 aliphatic heterocycles. The Labute approximate surface area is 180 Å². The third-order valence-corrected chi connectivity index (χ3v) is 5.83. The van der Waals surface area contributed by atoms with Crippen LogP contribution in [-0.4, -0.2) is 43.0 Å². The van der Waals surface area contributed by atoms with Crippen molar-refractivity contribution in [3.05, 3.63) is 65.7 Å². The van der Waals surface area contributed by atoms with E-state index in [9.17, 15) is 4.79 Å². The molecule has 30 heavy (non-hydrogen) atoms. The standard InChI is InChI=1S/C25H32N4O/c1-20(2)28-16-18-29(19-17-28)23-13-11-22(12-14-23)25(30)27-24(10-6-7-15-26)21-8-4-3-5-9-21/h3-5,8-9,11-14,20,24H,6-7,10,16-19H2,1-2H3,(H,27,30). The molecule has 2 aromatic carbocycles. The number of carbonyl (C=O) groups excluding carboxylic acids is 1. The van der Waals surface area contributed by atoms with Crippen molar-refractivity contribution in [3.8, 4) is 6.07 Å². The average Bonchev–Trinajstić information content (AvgIpc) is 2.79. The van der Waals surface area contributed by atoms with Gasteiger partial charge in [-0.15, -0.1) is 0 Å². The van der Waals surface area contributed by atoms with Crippen molar-refractivity contribution in [3.63, 3.8) is 0 Å².